The van der Waals surface area contributed by atoms with Crippen LogP contribution in [0, 0.1) is 0 Å². The van der Waals surface area contributed by atoms with Crippen molar-refractivity contribution in [3.05, 3.63) is 67.5 Å². The number of rotatable bonds is 7. The van der Waals surface area contributed by atoms with Gasteiger partial charge < -0.3 is 5.32 Å². The molecule has 4 nitrogen and oxygen atoms in total. The number of nitrogens with one attached hydrogen (secondary N) is 1. The highest BCUT2D eigenvalue weighted by atomic mass is 35.5. The van der Waals surface area contributed by atoms with Crippen LogP contribution in [0.15, 0.2) is 41.3 Å². The van der Waals surface area contributed by atoms with E-state index < -0.39 is 0 Å². The van der Waals surface area contributed by atoms with Gasteiger partial charge in [0.15, 0.2) is 0 Å². The molecule has 1 N–H and O–H groups in total. The predicted molar refractivity (Wildman–Crippen MR) is 135 cm³/mol. The number of thioether (sulfide) groups is 1. The van der Waals surface area contributed by atoms with E-state index in [9.17, 15) is 9.59 Å². The van der Waals surface area contributed by atoms with Gasteiger partial charge in [-0.1, -0.05) is 90.0 Å². The van der Waals surface area contributed by atoms with Gasteiger partial charge in [-0.05, 0) is 42.2 Å². The highest BCUT2D eigenvalue weighted by Crippen LogP contribution is 2.34. The Hall–Kier alpha value is -1.57. The molecular weight excluding hydrogens is 495 g/mol. The average molecular weight is 514 g/mol. The second kappa shape index (κ2) is 10.8. The van der Waals surface area contributed by atoms with Gasteiger partial charge in [-0.2, -0.15) is 0 Å². The Morgan fingerprint density at radius 1 is 1.13 bits per heavy atom. The maximum absolute atomic E-state index is 12.7. The van der Waals surface area contributed by atoms with Gasteiger partial charge in [-0.15, -0.1) is 0 Å². The molecule has 0 atom stereocenters. The highest BCUT2D eigenvalue weighted by molar-refractivity contribution is 8.26. The zero-order valence-corrected chi connectivity index (χ0v) is 20.5. The van der Waals surface area contributed by atoms with Crippen molar-refractivity contribution >= 4 is 86.7 Å². The van der Waals surface area contributed by atoms with Crippen molar-refractivity contribution in [2.45, 2.75) is 26.2 Å². The average Bonchev–Trinajstić information content (AvgIpc) is 3.00. The maximum atomic E-state index is 12.7. The number of anilines is 1. The summed E-state index contributed by atoms with van der Waals surface area (Å²) in [5.74, 6) is -0.375. The normalized spacial score (nSPS) is 15.1. The van der Waals surface area contributed by atoms with Crippen LogP contribution >= 0.6 is 58.8 Å². The summed E-state index contributed by atoms with van der Waals surface area (Å²) >= 11 is 24.6. The quantitative estimate of drug-likeness (QED) is 0.250. The second-order valence-electron chi connectivity index (χ2n) is 6.83. The van der Waals surface area contributed by atoms with Crippen molar-refractivity contribution in [3.63, 3.8) is 0 Å². The Kier molecular flexibility index (Phi) is 8.42. The monoisotopic (exact) mass is 512 g/mol. The molecule has 1 heterocycles. The molecule has 0 saturated carbocycles. The first-order valence-corrected chi connectivity index (χ1v) is 11.9. The minimum absolute atomic E-state index is 0.137. The molecule has 1 fully saturated rings. The zero-order valence-electron chi connectivity index (χ0n) is 16.6. The number of carbonyl (C=O) groups is 2. The van der Waals surface area contributed by atoms with Crippen LogP contribution in [-0.2, 0) is 16.0 Å². The van der Waals surface area contributed by atoms with Crippen LogP contribution in [-0.4, -0.2) is 27.6 Å². The predicted octanol–water partition coefficient (Wildman–Crippen LogP) is 6.83. The second-order valence-corrected chi connectivity index (χ2v) is 9.72. The molecule has 0 bridgehead atoms. The molecule has 3 rings (SSSR count). The first kappa shape index (κ1) is 24.1. The number of aryl methyl sites for hydroxylation is 1. The van der Waals surface area contributed by atoms with Crippen molar-refractivity contribution < 1.29 is 9.59 Å². The van der Waals surface area contributed by atoms with Gasteiger partial charge in [-0.3, -0.25) is 14.5 Å². The minimum Gasteiger partial charge on any atom is -0.325 e. The molecule has 2 aromatic rings. The summed E-state index contributed by atoms with van der Waals surface area (Å²) in [7, 11) is 0. The molecular formula is C22H19Cl3N2O2S2. The van der Waals surface area contributed by atoms with E-state index in [2.05, 4.69) is 12.2 Å². The lowest BCUT2D eigenvalue weighted by atomic mass is 10.1. The van der Waals surface area contributed by atoms with Crippen LogP contribution in [0.3, 0.4) is 0 Å². The number of benzene rings is 2. The number of thiocarbonyl (C=S) groups is 1. The fraction of sp³-hybridized carbons (Fsp3) is 0.227. The van der Waals surface area contributed by atoms with Gasteiger partial charge in [0.2, 0.25) is 5.91 Å². The zero-order chi connectivity index (χ0) is 22.5. The summed E-state index contributed by atoms with van der Waals surface area (Å²) in [6, 6.07) is 11.1. The lowest BCUT2D eigenvalue weighted by Gasteiger charge is -2.14. The number of hydrogen-bond acceptors (Lipinski definition) is 4. The fourth-order valence-electron chi connectivity index (χ4n) is 2.92. The van der Waals surface area contributed by atoms with E-state index in [0.29, 0.717) is 42.9 Å². The van der Waals surface area contributed by atoms with Crippen LogP contribution in [0.5, 0.6) is 0 Å². The van der Waals surface area contributed by atoms with E-state index in [0.717, 1.165) is 12.0 Å². The summed E-state index contributed by atoms with van der Waals surface area (Å²) in [5.41, 5.74) is 2.59. The van der Waals surface area contributed by atoms with Gasteiger partial charge in [0.1, 0.15) is 4.32 Å². The van der Waals surface area contributed by atoms with E-state index in [1.807, 2.05) is 30.3 Å². The molecule has 31 heavy (non-hydrogen) atoms. The Bertz CT molecular complexity index is 1060. The molecule has 2 aromatic carbocycles. The summed E-state index contributed by atoms with van der Waals surface area (Å²) in [6.45, 7) is 2.46. The highest BCUT2D eigenvalue weighted by Gasteiger charge is 2.31. The number of carbonyl (C=O) groups excluding carboxylic acids is 2. The SMILES string of the molecule is CCc1ccc(/C=C2\SC(=S)N(CCCC(=O)Nc3cc(Cl)c(Cl)cc3Cl)C2=O)cc1. The largest absolute Gasteiger partial charge is 0.325 e. The molecule has 0 aliphatic carbocycles. The lowest BCUT2D eigenvalue weighted by molar-refractivity contribution is -0.122. The topological polar surface area (TPSA) is 49.4 Å². The summed E-state index contributed by atoms with van der Waals surface area (Å²) in [6.07, 6.45) is 3.46. The smallest absolute Gasteiger partial charge is 0.266 e. The standard InChI is InChI=1S/C22H19Cl3N2O2S2/c1-2-13-5-7-14(8-6-13)10-19-21(29)27(22(30)31-19)9-3-4-20(28)26-18-12-16(24)15(23)11-17(18)25/h5-8,10-12H,2-4,9H2,1H3,(H,26,28)/b19-10-. The summed E-state index contributed by atoms with van der Waals surface area (Å²) < 4.78 is 0.495. The van der Waals surface area contributed by atoms with Gasteiger partial charge in [0, 0.05) is 13.0 Å². The van der Waals surface area contributed by atoms with Crippen LogP contribution in [0.2, 0.25) is 15.1 Å². The van der Waals surface area contributed by atoms with Crippen LogP contribution in [0.1, 0.15) is 30.9 Å². The first-order chi connectivity index (χ1) is 14.8. The number of amides is 2. The van der Waals surface area contributed by atoms with Gasteiger partial charge in [-0.25, -0.2) is 0 Å². The van der Waals surface area contributed by atoms with Crippen LogP contribution < -0.4 is 5.32 Å². The van der Waals surface area contributed by atoms with Crippen molar-refractivity contribution in [2.75, 3.05) is 11.9 Å². The van der Waals surface area contributed by atoms with E-state index in [1.54, 1.807) is 0 Å². The van der Waals surface area contributed by atoms with Crippen molar-refractivity contribution in [1.82, 2.24) is 4.90 Å². The molecule has 9 heteroatoms. The Balaban J connectivity index is 1.55. The van der Waals surface area contributed by atoms with Crippen molar-refractivity contribution in [2.24, 2.45) is 0 Å². The Morgan fingerprint density at radius 2 is 1.81 bits per heavy atom. The van der Waals surface area contributed by atoms with Gasteiger partial charge >= 0.3 is 0 Å². The van der Waals surface area contributed by atoms with E-state index in [4.69, 9.17) is 47.0 Å². The third-order valence-corrected chi connectivity index (χ3v) is 7.04. The fourth-order valence-corrected chi connectivity index (χ4v) is 4.83. The Labute approximate surface area is 205 Å². The number of hydrogen-bond donors (Lipinski definition) is 1. The number of halogens is 3. The number of nitrogens with zero attached hydrogens (tertiary/aromatic N) is 1. The van der Waals surface area contributed by atoms with E-state index in [-0.39, 0.29) is 18.2 Å². The molecule has 0 unspecified atom stereocenters. The molecule has 0 aromatic heterocycles. The Morgan fingerprint density at radius 3 is 2.48 bits per heavy atom. The van der Waals surface area contributed by atoms with Gasteiger partial charge in [0.05, 0.1) is 25.7 Å². The molecule has 0 spiro atoms. The summed E-state index contributed by atoms with van der Waals surface area (Å²) in [5, 5.41) is 3.63. The summed E-state index contributed by atoms with van der Waals surface area (Å²) in [4.78, 5) is 27.1. The molecule has 0 radical (unpaired) electrons. The molecule has 1 saturated heterocycles. The molecule has 162 valence electrons. The van der Waals surface area contributed by atoms with E-state index >= 15 is 0 Å². The lowest BCUT2D eigenvalue weighted by Crippen LogP contribution is -2.29. The third kappa shape index (κ3) is 6.24. The van der Waals surface area contributed by atoms with E-state index in [1.165, 1.54) is 34.4 Å². The maximum Gasteiger partial charge on any atom is 0.266 e. The van der Waals surface area contributed by atoms with Crippen LogP contribution in [0.4, 0.5) is 5.69 Å². The molecule has 1 aliphatic heterocycles. The van der Waals surface area contributed by atoms with Crippen molar-refractivity contribution in [1.29, 1.82) is 0 Å². The molecule has 1 aliphatic rings. The molecule has 2 amide bonds. The van der Waals surface area contributed by atoms with Crippen molar-refractivity contribution in [3.8, 4) is 0 Å². The minimum atomic E-state index is -0.239. The van der Waals surface area contributed by atoms with Gasteiger partial charge in [0.25, 0.3) is 5.91 Å². The van der Waals surface area contributed by atoms with Crippen LogP contribution in [0.25, 0.3) is 6.08 Å². The first-order valence-electron chi connectivity index (χ1n) is 9.57. The third-order valence-electron chi connectivity index (χ3n) is 4.63.